The average molecular weight is 429 g/mol. The normalized spacial score (nSPS) is 47.0. The van der Waals surface area contributed by atoms with Crippen LogP contribution in [0.25, 0.3) is 0 Å². The van der Waals surface area contributed by atoms with Gasteiger partial charge in [-0.15, -0.1) is 0 Å². The van der Waals surface area contributed by atoms with Crippen LogP contribution in [0.15, 0.2) is 23.8 Å². The summed E-state index contributed by atoms with van der Waals surface area (Å²) in [5.41, 5.74) is -0.131. The lowest BCUT2D eigenvalue weighted by atomic mass is 9.46. The molecule has 2 N–H and O–H groups in total. The molecule has 4 aliphatic carbocycles. The summed E-state index contributed by atoms with van der Waals surface area (Å²) < 4.78 is 0. The van der Waals surface area contributed by atoms with Gasteiger partial charge in [-0.25, -0.2) is 0 Å². The van der Waals surface area contributed by atoms with Crippen LogP contribution in [0.2, 0.25) is 0 Å². The highest BCUT2D eigenvalue weighted by molar-refractivity contribution is 5.95. The summed E-state index contributed by atoms with van der Waals surface area (Å²) in [6.07, 6.45) is 12.3. The summed E-state index contributed by atoms with van der Waals surface area (Å²) >= 11 is 0. The Morgan fingerprint density at radius 2 is 1.71 bits per heavy atom. The maximum absolute atomic E-state index is 13.2. The number of carbonyl (C=O) groups is 1. The van der Waals surface area contributed by atoms with E-state index in [1.807, 2.05) is 6.08 Å². The zero-order valence-electron chi connectivity index (χ0n) is 20.5. The highest BCUT2D eigenvalue weighted by Crippen LogP contribution is 2.68. The van der Waals surface area contributed by atoms with Gasteiger partial charge in [0.05, 0.1) is 11.7 Å². The Bertz CT molecular complexity index is 781. The Hall–Kier alpha value is -0.930. The molecule has 31 heavy (non-hydrogen) atoms. The number of hydrogen-bond acceptors (Lipinski definition) is 3. The Kier molecular flexibility index (Phi) is 5.87. The van der Waals surface area contributed by atoms with Crippen LogP contribution in [0.5, 0.6) is 0 Å². The van der Waals surface area contributed by atoms with E-state index in [-0.39, 0.29) is 34.6 Å². The lowest BCUT2D eigenvalue weighted by Crippen LogP contribution is -2.59. The highest BCUT2D eigenvalue weighted by Gasteiger charge is 2.66. The van der Waals surface area contributed by atoms with Gasteiger partial charge in [-0.2, -0.15) is 0 Å². The van der Waals surface area contributed by atoms with Crippen LogP contribution in [0.1, 0.15) is 86.5 Å². The molecule has 0 amide bonds. The van der Waals surface area contributed by atoms with Gasteiger partial charge in [-0.05, 0) is 91.6 Å². The molecule has 0 aromatic rings. The SMILES string of the molecule is CC(C)[C@@H](C)/C=C/[C@@H](C)[C@H]1CC[C@@]2(O)C3=CC(=O)[C@H]4C[C@@H](O)CC[C@]4(C)[C@H]3CC[C@]12C. The van der Waals surface area contributed by atoms with Crippen molar-refractivity contribution in [2.75, 3.05) is 0 Å². The zero-order chi connectivity index (χ0) is 22.8. The molecular weight excluding hydrogens is 384 g/mol. The van der Waals surface area contributed by atoms with Crippen molar-refractivity contribution in [2.45, 2.75) is 98.2 Å². The third kappa shape index (κ3) is 3.41. The molecule has 174 valence electrons. The average Bonchev–Trinajstić information content (AvgIpc) is 2.99. The van der Waals surface area contributed by atoms with Crippen molar-refractivity contribution in [1.82, 2.24) is 0 Å². The molecule has 3 nitrogen and oxygen atoms in total. The van der Waals surface area contributed by atoms with E-state index in [4.69, 9.17) is 0 Å². The van der Waals surface area contributed by atoms with E-state index >= 15 is 0 Å². The van der Waals surface area contributed by atoms with Crippen molar-refractivity contribution in [3.05, 3.63) is 23.8 Å². The summed E-state index contributed by atoms with van der Waals surface area (Å²) in [6, 6.07) is 0. The number of fused-ring (bicyclic) bond motifs is 5. The molecule has 0 aromatic carbocycles. The number of rotatable bonds is 4. The fraction of sp³-hybridized carbons (Fsp3) is 0.821. The summed E-state index contributed by atoms with van der Waals surface area (Å²) in [4.78, 5) is 13.2. The van der Waals surface area contributed by atoms with E-state index in [2.05, 4.69) is 53.7 Å². The predicted molar refractivity (Wildman–Crippen MR) is 125 cm³/mol. The number of aliphatic hydroxyl groups is 2. The minimum absolute atomic E-state index is 0.0884. The lowest BCUT2D eigenvalue weighted by Gasteiger charge is -2.59. The van der Waals surface area contributed by atoms with Crippen LogP contribution in [-0.2, 0) is 4.79 Å². The molecule has 9 atom stereocenters. The van der Waals surface area contributed by atoms with Gasteiger partial charge in [0.2, 0.25) is 0 Å². The van der Waals surface area contributed by atoms with Gasteiger partial charge >= 0.3 is 0 Å². The second kappa shape index (κ2) is 7.83. The van der Waals surface area contributed by atoms with Gasteiger partial charge in [-0.3, -0.25) is 4.79 Å². The Morgan fingerprint density at radius 3 is 2.39 bits per heavy atom. The van der Waals surface area contributed by atoms with Gasteiger partial charge in [0.25, 0.3) is 0 Å². The first kappa shape index (κ1) is 23.2. The lowest BCUT2D eigenvalue weighted by molar-refractivity contribution is -0.140. The van der Waals surface area contributed by atoms with Gasteiger partial charge in [0.15, 0.2) is 5.78 Å². The monoisotopic (exact) mass is 428 g/mol. The first-order chi connectivity index (χ1) is 14.4. The van der Waals surface area contributed by atoms with Crippen molar-refractivity contribution in [2.24, 2.45) is 46.3 Å². The maximum Gasteiger partial charge on any atom is 0.159 e. The third-order valence-electron chi connectivity index (χ3n) is 10.5. The molecule has 3 heteroatoms. The second-order valence-electron chi connectivity index (χ2n) is 12.3. The van der Waals surface area contributed by atoms with E-state index in [0.717, 1.165) is 44.1 Å². The third-order valence-corrected chi connectivity index (χ3v) is 10.5. The summed E-state index contributed by atoms with van der Waals surface area (Å²) in [5.74, 6) is 2.38. The van der Waals surface area contributed by atoms with Gasteiger partial charge < -0.3 is 10.2 Å². The molecular formula is C28H44O3. The molecule has 0 bridgehead atoms. The first-order valence-electron chi connectivity index (χ1n) is 12.8. The van der Waals surface area contributed by atoms with Gasteiger partial charge in [0.1, 0.15) is 0 Å². The van der Waals surface area contributed by atoms with E-state index in [0.29, 0.717) is 30.1 Å². The standard InChI is InChI=1S/C28H44O3/c1-17(2)18(3)7-8-19(4)21-11-14-28(31)23-16-25(30)24-15-20(29)9-12-26(24,5)22(23)10-13-27(21,28)6/h7-8,16-22,24,29,31H,9-15H2,1-6H3/b8-7+/t18-,19+,20-,21+,22-,24+,26+,27+,28+/m0/s1. The molecule has 0 aliphatic heterocycles. The Balaban J connectivity index is 1.65. The van der Waals surface area contributed by atoms with Crippen molar-refractivity contribution in [3.63, 3.8) is 0 Å². The molecule has 0 saturated heterocycles. The van der Waals surface area contributed by atoms with E-state index in [1.54, 1.807) is 0 Å². The quantitative estimate of drug-likeness (QED) is 0.564. The maximum atomic E-state index is 13.2. The van der Waals surface area contributed by atoms with Crippen LogP contribution in [0, 0.1) is 46.3 Å². The Labute approximate surface area is 189 Å². The van der Waals surface area contributed by atoms with E-state index in [9.17, 15) is 15.0 Å². The van der Waals surface area contributed by atoms with Crippen LogP contribution in [0.3, 0.4) is 0 Å². The Morgan fingerprint density at radius 1 is 1.00 bits per heavy atom. The van der Waals surface area contributed by atoms with Crippen molar-refractivity contribution < 1.29 is 15.0 Å². The molecule has 0 aromatic heterocycles. The van der Waals surface area contributed by atoms with E-state index < -0.39 is 5.60 Å². The first-order valence-corrected chi connectivity index (χ1v) is 12.8. The topological polar surface area (TPSA) is 57.5 Å². The second-order valence-corrected chi connectivity index (χ2v) is 12.3. The fourth-order valence-corrected chi connectivity index (χ4v) is 7.91. The van der Waals surface area contributed by atoms with Crippen molar-refractivity contribution >= 4 is 5.78 Å². The fourth-order valence-electron chi connectivity index (χ4n) is 7.91. The predicted octanol–water partition coefficient (Wildman–Crippen LogP) is 5.70. The summed E-state index contributed by atoms with van der Waals surface area (Å²) in [6.45, 7) is 13.7. The van der Waals surface area contributed by atoms with E-state index in [1.165, 1.54) is 0 Å². The van der Waals surface area contributed by atoms with Gasteiger partial charge in [0, 0.05) is 11.3 Å². The molecule has 0 heterocycles. The van der Waals surface area contributed by atoms with Gasteiger partial charge in [-0.1, -0.05) is 53.7 Å². The molecule has 4 rings (SSSR count). The molecule has 0 unspecified atom stereocenters. The number of aliphatic hydroxyl groups excluding tert-OH is 1. The number of allylic oxidation sites excluding steroid dienone is 3. The molecule has 4 aliphatic rings. The van der Waals surface area contributed by atoms with Crippen LogP contribution < -0.4 is 0 Å². The van der Waals surface area contributed by atoms with Crippen LogP contribution >= 0.6 is 0 Å². The zero-order valence-corrected chi connectivity index (χ0v) is 20.5. The minimum atomic E-state index is -0.869. The van der Waals surface area contributed by atoms with Crippen molar-refractivity contribution in [3.8, 4) is 0 Å². The molecule has 0 radical (unpaired) electrons. The summed E-state index contributed by atoms with van der Waals surface area (Å²) in [5, 5.41) is 22.4. The van der Waals surface area contributed by atoms with Crippen molar-refractivity contribution in [1.29, 1.82) is 0 Å². The highest BCUT2D eigenvalue weighted by atomic mass is 16.3. The number of ketones is 1. The van der Waals surface area contributed by atoms with Crippen LogP contribution in [-0.4, -0.2) is 27.7 Å². The smallest absolute Gasteiger partial charge is 0.159 e. The largest absolute Gasteiger partial charge is 0.393 e. The minimum Gasteiger partial charge on any atom is -0.393 e. The number of carbonyl (C=O) groups excluding carboxylic acids is 1. The molecule has 3 fully saturated rings. The summed E-state index contributed by atoms with van der Waals surface area (Å²) in [7, 11) is 0. The molecule has 3 saturated carbocycles. The van der Waals surface area contributed by atoms with Crippen LogP contribution in [0.4, 0.5) is 0 Å². The number of hydrogen-bond donors (Lipinski definition) is 2. The molecule has 0 spiro atoms.